The number of amides is 1. The summed E-state index contributed by atoms with van der Waals surface area (Å²) in [6, 6.07) is 2.95. The molecule has 1 heterocycles. The number of piperidine rings is 1. The van der Waals surface area contributed by atoms with Gasteiger partial charge in [-0.15, -0.1) is 0 Å². The number of nitrogens with one attached hydrogen (secondary N) is 1. The molecule has 1 N–H and O–H groups in total. The Balaban J connectivity index is 1.93. The van der Waals surface area contributed by atoms with Gasteiger partial charge in [-0.3, -0.25) is 0 Å². The van der Waals surface area contributed by atoms with Crippen molar-refractivity contribution in [3.8, 4) is 0 Å². The van der Waals surface area contributed by atoms with E-state index in [9.17, 15) is 39.6 Å². The highest BCUT2D eigenvalue weighted by Crippen LogP contribution is 2.36. The fourth-order valence-corrected chi connectivity index (χ4v) is 4.81. The van der Waals surface area contributed by atoms with Crippen molar-refractivity contribution in [1.82, 2.24) is 9.62 Å². The maximum atomic E-state index is 12.6. The molecule has 0 saturated carbocycles. The Bertz CT molecular complexity index is 930. The molecule has 6 nitrogen and oxygen atoms in total. The van der Waals surface area contributed by atoms with Crippen LogP contribution in [0.2, 0.25) is 5.02 Å². The van der Waals surface area contributed by atoms with Crippen molar-refractivity contribution in [2.24, 2.45) is 5.92 Å². The summed E-state index contributed by atoms with van der Waals surface area (Å²) < 4.78 is 107. The molecule has 1 amide bonds. The van der Waals surface area contributed by atoms with Gasteiger partial charge in [-0.25, -0.2) is 17.9 Å². The number of nitrogens with zero attached hydrogens (tertiary/aromatic N) is 1. The van der Waals surface area contributed by atoms with E-state index in [0.717, 1.165) is 4.90 Å². The lowest BCUT2D eigenvalue weighted by molar-refractivity contribution is -0.308. The standard InChI is InChI=1S/C18H21ClF6N2O4S/c1-10-8-14(11(2)7-13(10)19)32(29,30)26-9-12-3-5-27(6-4-12)16(28)31-15(17(20,21)22)18(23,24)25/h7-8,12,15,26H,3-6,9H2,1-2H3. The topological polar surface area (TPSA) is 75.7 Å². The predicted molar refractivity (Wildman–Crippen MR) is 103 cm³/mol. The normalized spacial score (nSPS) is 16.5. The molecule has 0 bridgehead atoms. The van der Waals surface area contributed by atoms with E-state index in [1.165, 1.54) is 12.1 Å². The highest BCUT2D eigenvalue weighted by molar-refractivity contribution is 7.89. The summed E-state index contributed by atoms with van der Waals surface area (Å²) in [7, 11) is -3.87. The third-order valence-corrected chi connectivity index (χ3v) is 6.97. The second-order valence-electron chi connectivity index (χ2n) is 7.50. The zero-order valence-electron chi connectivity index (χ0n) is 17.0. The monoisotopic (exact) mass is 510 g/mol. The Morgan fingerprint density at radius 2 is 1.66 bits per heavy atom. The molecule has 0 aromatic heterocycles. The van der Waals surface area contributed by atoms with E-state index in [0.29, 0.717) is 16.1 Å². The zero-order valence-corrected chi connectivity index (χ0v) is 18.6. The van der Waals surface area contributed by atoms with Crippen molar-refractivity contribution in [3.05, 3.63) is 28.3 Å². The number of alkyl halides is 6. The van der Waals surface area contributed by atoms with E-state index in [4.69, 9.17) is 11.6 Å². The summed E-state index contributed by atoms with van der Waals surface area (Å²) in [4.78, 5) is 12.6. The quantitative estimate of drug-likeness (QED) is 0.589. The van der Waals surface area contributed by atoms with Crippen LogP contribution in [0.15, 0.2) is 17.0 Å². The Kier molecular flexibility index (Phi) is 7.99. The maximum absolute atomic E-state index is 12.6. The fraction of sp³-hybridized carbons (Fsp3) is 0.611. The van der Waals surface area contributed by atoms with Crippen LogP contribution in [0, 0.1) is 19.8 Å². The van der Waals surface area contributed by atoms with E-state index >= 15 is 0 Å². The molecule has 182 valence electrons. The first-order valence-electron chi connectivity index (χ1n) is 9.37. The van der Waals surface area contributed by atoms with Gasteiger partial charge < -0.3 is 9.64 Å². The number of likely N-dealkylation sites (tertiary alicyclic amines) is 1. The number of rotatable bonds is 5. The van der Waals surface area contributed by atoms with Gasteiger partial charge in [0.15, 0.2) is 0 Å². The van der Waals surface area contributed by atoms with Gasteiger partial charge in [-0.2, -0.15) is 26.3 Å². The number of carbonyl (C=O) groups excluding carboxylic acids is 1. The van der Waals surface area contributed by atoms with Crippen molar-refractivity contribution >= 4 is 27.7 Å². The van der Waals surface area contributed by atoms with Gasteiger partial charge >= 0.3 is 18.4 Å². The molecule has 0 atom stereocenters. The SMILES string of the molecule is Cc1cc(S(=O)(=O)NCC2CCN(C(=O)OC(C(F)(F)F)C(F)(F)F)CC2)c(C)cc1Cl. The summed E-state index contributed by atoms with van der Waals surface area (Å²) in [6.45, 7) is 2.87. The number of ether oxygens (including phenoxy) is 1. The number of aryl methyl sites for hydroxylation is 2. The zero-order chi connectivity index (χ0) is 24.5. The van der Waals surface area contributed by atoms with Crippen LogP contribution >= 0.6 is 11.6 Å². The lowest BCUT2D eigenvalue weighted by Gasteiger charge is -2.33. The van der Waals surface area contributed by atoms with Gasteiger partial charge in [0.25, 0.3) is 6.10 Å². The van der Waals surface area contributed by atoms with Crippen LogP contribution in [-0.2, 0) is 14.8 Å². The molecule has 2 rings (SSSR count). The largest absolute Gasteiger partial charge is 0.434 e. The smallest absolute Gasteiger partial charge is 0.426 e. The predicted octanol–water partition coefficient (Wildman–Crippen LogP) is 4.58. The van der Waals surface area contributed by atoms with E-state index in [-0.39, 0.29) is 43.3 Å². The minimum Gasteiger partial charge on any atom is -0.426 e. The number of halogens is 7. The minimum absolute atomic E-state index is 0.0138. The molecule has 1 aliphatic heterocycles. The minimum atomic E-state index is -5.79. The lowest BCUT2D eigenvalue weighted by atomic mass is 9.97. The van der Waals surface area contributed by atoms with Crippen LogP contribution < -0.4 is 4.72 Å². The second-order valence-corrected chi connectivity index (χ2v) is 9.64. The number of hydrogen-bond acceptors (Lipinski definition) is 4. The molecular weight excluding hydrogens is 490 g/mol. The van der Waals surface area contributed by atoms with Crippen LogP contribution in [0.4, 0.5) is 31.1 Å². The van der Waals surface area contributed by atoms with E-state index in [1.54, 1.807) is 13.8 Å². The van der Waals surface area contributed by atoms with Crippen LogP contribution in [0.3, 0.4) is 0 Å². The van der Waals surface area contributed by atoms with Gasteiger partial charge in [-0.1, -0.05) is 11.6 Å². The Morgan fingerprint density at radius 3 is 2.16 bits per heavy atom. The Labute approximate surface area is 185 Å². The molecule has 1 aromatic rings. The molecule has 0 spiro atoms. The lowest BCUT2D eigenvalue weighted by Crippen LogP contribution is -2.49. The fourth-order valence-electron chi connectivity index (χ4n) is 3.16. The maximum Gasteiger partial charge on any atom is 0.434 e. The average Bonchev–Trinajstić information content (AvgIpc) is 2.65. The summed E-state index contributed by atoms with van der Waals surface area (Å²) in [5.41, 5.74) is 1.01. The molecule has 1 aromatic carbocycles. The van der Waals surface area contributed by atoms with E-state index in [1.807, 2.05) is 0 Å². The van der Waals surface area contributed by atoms with Crippen molar-refractivity contribution in [2.45, 2.75) is 50.0 Å². The number of hydrogen-bond donors (Lipinski definition) is 1. The van der Waals surface area contributed by atoms with Gasteiger partial charge in [0.2, 0.25) is 10.0 Å². The molecule has 0 unspecified atom stereocenters. The van der Waals surface area contributed by atoms with Gasteiger partial charge in [-0.05, 0) is 55.9 Å². The first kappa shape index (κ1) is 26.5. The van der Waals surface area contributed by atoms with Crippen molar-refractivity contribution < 1.29 is 44.3 Å². The first-order valence-corrected chi connectivity index (χ1v) is 11.2. The van der Waals surface area contributed by atoms with Crippen molar-refractivity contribution in [2.75, 3.05) is 19.6 Å². The molecule has 0 radical (unpaired) electrons. The van der Waals surface area contributed by atoms with E-state index in [2.05, 4.69) is 9.46 Å². The van der Waals surface area contributed by atoms with Gasteiger partial charge in [0.05, 0.1) is 4.90 Å². The van der Waals surface area contributed by atoms with Crippen LogP contribution in [0.5, 0.6) is 0 Å². The number of benzene rings is 1. The third-order valence-electron chi connectivity index (χ3n) is 4.99. The van der Waals surface area contributed by atoms with Gasteiger partial charge in [0.1, 0.15) is 0 Å². The van der Waals surface area contributed by atoms with Crippen molar-refractivity contribution in [3.63, 3.8) is 0 Å². The summed E-state index contributed by atoms with van der Waals surface area (Å²) in [6.07, 6.45) is -17.2. The highest BCUT2D eigenvalue weighted by Gasteiger charge is 2.60. The Morgan fingerprint density at radius 1 is 1.12 bits per heavy atom. The van der Waals surface area contributed by atoms with Crippen LogP contribution in [-0.4, -0.2) is 57.5 Å². The molecule has 14 heteroatoms. The van der Waals surface area contributed by atoms with Crippen LogP contribution in [0.25, 0.3) is 0 Å². The summed E-state index contributed by atoms with van der Waals surface area (Å²) in [5, 5.41) is 0.416. The molecular formula is C18H21ClF6N2O4S. The molecule has 1 fully saturated rings. The second kappa shape index (κ2) is 9.64. The summed E-state index contributed by atoms with van der Waals surface area (Å²) in [5.74, 6) is -0.274. The molecule has 0 aliphatic carbocycles. The number of carbonyl (C=O) groups is 1. The van der Waals surface area contributed by atoms with Crippen LogP contribution in [0.1, 0.15) is 24.0 Å². The molecule has 1 saturated heterocycles. The molecule has 32 heavy (non-hydrogen) atoms. The Hall–Kier alpha value is -1.73. The third kappa shape index (κ3) is 6.64. The summed E-state index contributed by atoms with van der Waals surface area (Å²) >= 11 is 5.97. The highest BCUT2D eigenvalue weighted by atomic mass is 35.5. The van der Waals surface area contributed by atoms with Gasteiger partial charge in [0, 0.05) is 24.7 Å². The molecule has 1 aliphatic rings. The first-order chi connectivity index (χ1) is 14.5. The van der Waals surface area contributed by atoms with Crippen molar-refractivity contribution in [1.29, 1.82) is 0 Å². The number of sulfonamides is 1. The van der Waals surface area contributed by atoms with E-state index < -0.39 is 34.6 Å². The average molecular weight is 511 g/mol.